The molecule has 7 heteroatoms. The quantitative estimate of drug-likeness (QED) is 0.740. The third-order valence-corrected chi connectivity index (χ3v) is 4.21. The molecule has 1 unspecified atom stereocenters. The molecule has 1 saturated heterocycles. The lowest BCUT2D eigenvalue weighted by Gasteiger charge is -2.20. The molecule has 1 aliphatic rings. The van der Waals surface area contributed by atoms with Crippen LogP contribution in [0.4, 0.5) is 5.95 Å². The molecule has 1 aromatic heterocycles. The molecule has 1 aromatic carbocycles. The molecule has 1 aliphatic heterocycles. The Morgan fingerprint density at radius 1 is 1.29 bits per heavy atom. The molecule has 3 rings (SSSR count). The van der Waals surface area contributed by atoms with Gasteiger partial charge < -0.3 is 22.6 Å². The SMILES string of the molecule is Oc1cc(O)c(C2CCCN2c2nccc[nH+]2)cc1Br.[Cl-]. The Morgan fingerprint density at radius 2 is 2.10 bits per heavy atom. The molecule has 0 amide bonds. The van der Waals surface area contributed by atoms with Gasteiger partial charge in [0.1, 0.15) is 23.7 Å². The van der Waals surface area contributed by atoms with Crippen molar-refractivity contribution in [1.29, 1.82) is 0 Å². The van der Waals surface area contributed by atoms with Crippen molar-refractivity contribution in [2.75, 3.05) is 11.4 Å². The van der Waals surface area contributed by atoms with Crippen LogP contribution in [0.15, 0.2) is 35.1 Å². The first-order chi connectivity index (χ1) is 9.66. The predicted octanol–water partition coefficient (Wildman–Crippen LogP) is -0.585. The summed E-state index contributed by atoms with van der Waals surface area (Å²) >= 11 is 3.30. The molecule has 2 aromatic rings. The number of nitrogens with one attached hydrogen (secondary N) is 1. The maximum Gasteiger partial charge on any atom is 0.391 e. The molecule has 112 valence electrons. The highest BCUT2D eigenvalue weighted by molar-refractivity contribution is 9.10. The number of aromatic nitrogens is 2. The lowest BCUT2D eigenvalue weighted by molar-refractivity contribution is -0.368. The Morgan fingerprint density at radius 3 is 2.81 bits per heavy atom. The highest BCUT2D eigenvalue weighted by atomic mass is 79.9. The van der Waals surface area contributed by atoms with Crippen molar-refractivity contribution in [3.8, 4) is 11.5 Å². The molecule has 21 heavy (non-hydrogen) atoms. The normalized spacial score (nSPS) is 17.6. The number of aromatic amines is 1. The van der Waals surface area contributed by atoms with Crippen molar-refractivity contribution < 1.29 is 27.6 Å². The van der Waals surface area contributed by atoms with E-state index in [1.165, 1.54) is 6.07 Å². The van der Waals surface area contributed by atoms with Gasteiger partial charge in [-0.05, 0) is 34.8 Å². The Labute approximate surface area is 137 Å². The van der Waals surface area contributed by atoms with Gasteiger partial charge in [-0.3, -0.25) is 4.90 Å². The number of benzene rings is 1. The molecule has 3 N–H and O–H groups in total. The topological polar surface area (TPSA) is 70.7 Å². The highest BCUT2D eigenvalue weighted by Gasteiger charge is 2.35. The molecular weight excluding hydrogens is 358 g/mol. The van der Waals surface area contributed by atoms with Gasteiger partial charge in [-0.2, -0.15) is 0 Å². The minimum atomic E-state index is 0. The Hall–Kier alpha value is -1.53. The van der Waals surface area contributed by atoms with Crippen LogP contribution in [0.25, 0.3) is 0 Å². The minimum Gasteiger partial charge on any atom is -1.00 e. The number of aromatic hydroxyl groups is 2. The zero-order valence-electron chi connectivity index (χ0n) is 11.1. The van der Waals surface area contributed by atoms with E-state index in [2.05, 4.69) is 30.8 Å². The summed E-state index contributed by atoms with van der Waals surface area (Å²) in [6.45, 7) is 0.885. The third kappa shape index (κ3) is 3.06. The maximum absolute atomic E-state index is 10.1. The van der Waals surface area contributed by atoms with Crippen LogP contribution in [0, 0.1) is 0 Å². The number of phenolic OH excluding ortho intramolecular Hbond substituents is 2. The van der Waals surface area contributed by atoms with Crippen molar-refractivity contribution in [3.63, 3.8) is 0 Å². The first-order valence-corrected chi connectivity index (χ1v) is 7.27. The zero-order valence-corrected chi connectivity index (χ0v) is 13.5. The van der Waals surface area contributed by atoms with Crippen molar-refractivity contribution >= 4 is 21.9 Å². The fraction of sp³-hybridized carbons (Fsp3) is 0.286. The molecule has 0 radical (unpaired) electrons. The van der Waals surface area contributed by atoms with Crippen LogP contribution in [0.3, 0.4) is 0 Å². The van der Waals surface area contributed by atoms with E-state index in [1.807, 2.05) is 12.3 Å². The van der Waals surface area contributed by atoms with Gasteiger partial charge in [0.05, 0.1) is 17.2 Å². The van der Waals surface area contributed by atoms with Crippen LogP contribution in [0.1, 0.15) is 24.4 Å². The molecule has 0 aliphatic carbocycles. The van der Waals surface area contributed by atoms with Gasteiger partial charge in [0, 0.05) is 17.7 Å². The van der Waals surface area contributed by atoms with Crippen molar-refractivity contribution in [1.82, 2.24) is 4.98 Å². The fourth-order valence-electron chi connectivity index (χ4n) is 2.65. The second-order valence-corrected chi connectivity index (χ2v) is 5.67. The molecule has 1 fully saturated rings. The van der Waals surface area contributed by atoms with E-state index in [0.717, 1.165) is 30.9 Å². The summed E-state index contributed by atoms with van der Waals surface area (Å²) in [6.07, 6.45) is 5.56. The average molecular weight is 373 g/mol. The summed E-state index contributed by atoms with van der Waals surface area (Å²) in [5.41, 5.74) is 0.797. The Bertz CT molecular complexity index is 627. The van der Waals surface area contributed by atoms with E-state index in [4.69, 9.17) is 0 Å². The molecule has 5 nitrogen and oxygen atoms in total. The second kappa shape index (κ2) is 6.49. The highest BCUT2D eigenvalue weighted by Crippen LogP contribution is 2.41. The first-order valence-electron chi connectivity index (χ1n) is 6.47. The molecule has 1 atom stereocenters. The van der Waals surface area contributed by atoms with Crippen LogP contribution in [0.2, 0.25) is 0 Å². The summed E-state index contributed by atoms with van der Waals surface area (Å²) in [5, 5.41) is 19.7. The monoisotopic (exact) mass is 371 g/mol. The molecule has 2 heterocycles. The van der Waals surface area contributed by atoms with Gasteiger partial charge in [-0.1, -0.05) is 4.98 Å². The van der Waals surface area contributed by atoms with Crippen molar-refractivity contribution in [2.24, 2.45) is 0 Å². The predicted molar refractivity (Wildman–Crippen MR) is 77.6 cm³/mol. The smallest absolute Gasteiger partial charge is 0.391 e. The zero-order chi connectivity index (χ0) is 14.1. The van der Waals surface area contributed by atoms with Crippen LogP contribution >= 0.6 is 15.9 Å². The largest absolute Gasteiger partial charge is 1.00 e. The number of hydrogen-bond donors (Lipinski definition) is 2. The van der Waals surface area contributed by atoms with Gasteiger partial charge in [-0.25, -0.2) is 4.98 Å². The van der Waals surface area contributed by atoms with Gasteiger partial charge in [-0.15, -0.1) is 0 Å². The van der Waals surface area contributed by atoms with E-state index >= 15 is 0 Å². The minimum absolute atomic E-state index is 0. The van der Waals surface area contributed by atoms with E-state index in [9.17, 15) is 10.2 Å². The van der Waals surface area contributed by atoms with E-state index in [0.29, 0.717) is 4.47 Å². The summed E-state index contributed by atoms with van der Waals surface area (Å²) < 4.78 is 0.585. The van der Waals surface area contributed by atoms with Crippen LogP contribution in [-0.2, 0) is 0 Å². The number of nitrogens with zero attached hydrogens (tertiary/aromatic N) is 2. The molecule has 0 saturated carbocycles. The number of H-pyrrole nitrogens is 1. The van der Waals surface area contributed by atoms with Gasteiger partial charge >= 0.3 is 5.95 Å². The standard InChI is InChI=1S/C14H14BrN3O2.ClH/c15-10-7-9(12(19)8-13(10)20)11-3-1-6-18(11)14-16-4-2-5-17-14;/h2,4-5,7-8,11,19-20H,1,3,6H2;1H. The van der Waals surface area contributed by atoms with Crippen LogP contribution in [0.5, 0.6) is 11.5 Å². The van der Waals surface area contributed by atoms with Gasteiger partial charge in [0.25, 0.3) is 0 Å². The molecule has 0 bridgehead atoms. The van der Waals surface area contributed by atoms with Crippen molar-refractivity contribution in [3.05, 3.63) is 40.6 Å². The van der Waals surface area contributed by atoms with E-state index in [-0.39, 0.29) is 29.9 Å². The van der Waals surface area contributed by atoms with E-state index in [1.54, 1.807) is 12.3 Å². The summed E-state index contributed by atoms with van der Waals surface area (Å²) in [7, 11) is 0. The Balaban J connectivity index is 0.00000161. The van der Waals surface area contributed by atoms with Gasteiger partial charge in [0.2, 0.25) is 0 Å². The number of phenols is 2. The van der Waals surface area contributed by atoms with Crippen LogP contribution < -0.4 is 22.3 Å². The fourth-order valence-corrected chi connectivity index (χ4v) is 3.01. The number of halogens is 2. The lowest BCUT2D eigenvalue weighted by Crippen LogP contribution is -3.00. The average Bonchev–Trinajstić information content (AvgIpc) is 2.93. The Kier molecular flexibility index (Phi) is 4.90. The van der Waals surface area contributed by atoms with E-state index < -0.39 is 0 Å². The molecular formula is C14H15BrClN3O2. The number of rotatable bonds is 2. The second-order valence-electron chi connectivity index (χ2n) is 4.82. The lowest BCUT2D eigenvalue weighted by atomic mass is 10.0. The number of hydrogen-bond acceptors (Lipinski definition) is 4. The first kappa shape index (κ1) is 15.9. The van der Waals surface area contributed by atoms with Crippen LogP contribution in [-0.4, -0.2) is 21.7 Å². The van der Waals surface area contributed by atoms with Crippen molar-refractivity contribution in [2.45, 2.75) is 18.9 Å². The summed E-state index contributed by atoms with van der Waals surface area (Å²) in [5.74, 6) is 0.942. The third-order valence-electron chi connectivity index (χ3n) is 3.57. The summed E-state index contributed by atoms with van der Waals surface area (Å²) in [4.78, 5) is 9.60. The summed E-state index contributed by atoms with van der Waals surface area (Å²) in [6, 6.07) is 5.04. The van der Waals surface area contributed by atoms with Gasteiger partial charge in [0.15, 0.2) is 0 Å². The maximum atomic E-state index is 10.1. The number of anilines is 1. The molecule has 0 spiro atoms.